The number of hydrogen-bond acceptors (Lipinski definition) is 6. The van der Waals surface area contributed by atoms with Gasteiger partial charge in [0.15, 0.2) is 5.31 Å². The lowest BCUT2D eigenvalue weighted by molar-refractivity contribution is -0.137. The minimum Gasteiger partial charge on any atom is -0.465 e. The van der Waals surface area contributed by atoms with Crippen molar-refractivity contribution < 1.29 is 27.6 Å². The van der Waals surface area contributed by atoms with Gasteiger partial charge in [-0.2, -0.15) is 0 Å². The second-order valence-corrected chi connectivity index (χ2v) is 5.59. The molecule has 0 aliphatic rings. The van der Waals surface area contributed by atoms with E-state index < -0.39 is 13.6 Å². The van der Waals surface area contributed by atoms with Crippen LogP contribution in [0, 0.1) is 0 Å². The largest absolute Gasteiger partial charge is 0.465 e. The predicted molar refractivity (Wildman–Crippen MR) is 74.2 cm³/mol. The Morgan fingerprint density at radius 1 is 1.25 bits per heavy atom. The first-order valence-corrected chi connectivity index (χ1v) is 7.93. The van der Waals surface area contributed by atoms with E-state index in [4.69, 9.17) is 18.2 Å². The number of carbonyl (C=O) groups excluding carboxylic acids is 1. The summed E-state index contributed by atoms with van der Waals surface area (Å²) in [5, 5.41) is -0.169. The molecule has 0 spiro atoms. The molecular formula is C13H19O6P. The zero-order chi connectivity index (χ0) is 15.0. The van der Waals surface area contributed by atoms with Gasteiger partial charge in [-0.05, 0) is 32.9 Å². The number of furan rings is 1. The van der Waals surface area contributed by atoms with Crippen molar-refractivity contribution in [1.82, 2.24) is 0 Å². The molecule has 1 rings (SSSR count). The molecule has 0 bridgehead atoms. The van der Waals surface area contributed by atoms with Gasteiger partial charge >= 0.3 is 13.6 Å². The number of hydrogen-bond donors (Lipinski definition) is 0. The second-order valence-electron chi connectivity index (χ2n) is 3.60. The van der Waals surface area contributed by atoms with E-state index in [9.17, 15) is 9.36 Å². The monoisotopic (exact) mass is 302 g/mol. The van der Waals surface area contributed by atoms with Gasteiger partial charge in [0, 0.05) is 6.08 Å². The molecule has 1 aromatic heterocycles. The van der Waals surface area contributed by atoms with E-state index in [2.05, 4.69) is 0 Å². The molecular weight excluding hydrogens is 283 g/mol. The minimum absolute atomic E-state index is 0.145. The Hall–Kier alpha value is -1.36. The molecule has 0 atom stereocenters. The van der Waals surface area contributed by atoms with Crippen LogP contribution in [0.5, 0.6) is 0 Å². The van der Waals surface area contributed by atoms with E-state index in [0.717, 1.165) is 0 Å². The molecule has 0 aromatic carbocycles. The number of carbonyl (C=O) groups is 1. The number of esters is 1. The SMILES string of the molecule is CCOC(=O)C(=Cc1ccco1)P(=O)(OCC)OCC. The fourth-order valence-electron chi connectivity index (χ4n) is 1.48. The smallest absolute Gasteiger partial charge is 0.368 e. The standard InChI is InChI=1S/C13H19O6P/c1-4-16-13(14)12(10-11-8-7-9-17-11)20(15,18-5-2)19-6-3/h7-10H,4-6H2,1-3H3. The zero-order valence-electron chi connectivity index (χ0n) is 11.8. The fourth-order valence-corrected chi connectivity index (χ4v) is 3.09. The topological polar surface area (TPSA) is 75.0 Å². The normalized spacial score (nSPS) is 12.4. The van der Waals surface area contributed by atoms with Crippen molar-refractivity contribution in [3.63, 3.8) is 0 Å². The molecule has 0 N–H and O–H groups in total. The van der Waals surface area contributed by atoms with Gasteiger partial charge in [0.1, 0.15) is 5.76 Å². The Labute approximate surface area is 118 Å². The van der Waals surface area contributed by atoms with E-state index in [1.165, 1.54) is 12.3 Å². The maximum Gasteiger partial charge on any atom is 0.368 e. The lowest BCUT2D eigenvalue weighted by Gasteiger charge is -2.18. The quantitative estimate of drug-likeness (QED) is 0.416. The third-order valence-electron chi connectivity index (χ3n) is 2.20. The van der Waals surface area contributed by atoms with Crippen LogP contribution in [0.2, 0.25) is 0 Å². The van der Waals surface area contributed by atoms with Gasteiger partial charge in [-0.3, -0.25) is 4.57 Å². The Bertz CT molecular complexity index is 481. The Morgan fingerprint density at radius 2 is 1.90 bits per heavy atom. The van der Waals surface area contributed by atoms with Crippen molar-refractivity contribution in [2.45, 2.75) is 20.8 Å². The van der Waals surface area contributed by atoms with Crippen LogP contribution in [0.3, 0.4) is 0 Å². The molecule has 0 amide bonds. The molecule has 0 fully saturated rings. The molecule has 1 aromatic rings. The molecule has 1 heterocycles. The van der Waals surface area contributed by atoms with Crippen molar-refractivity contribution >= 4 is 19.6 Å². The first-order chi connectivity index (χ1) is 9.57. The molecule has 0 saturated heterocycles. The van der Waals surface area contributed by atoms with Crippen LogP contribution in [0.15, 0.2) is 28.1 Å². The molecule has 7 heteroatoms. The van der Waals surface area contributed by atoms with Gasteiger partial charge < -0.3 is 18.2 Å². The van der Waals surface area contributed by atoms with Crippen LogP contribution in [0.25, 0.3) is 6.08 Å². The van der Waals surface area contributed by atoms with Crippen molar-refractivity contribution in [2.24, 2.45) is 0 Å². The molecule has 20 heavy (non-hydrogen) atoms. The molecule has 0 aliphatic heterocycles. The average Bonchev–Trinajstić information content (AvgIpc) is 2.89. The molecule has 0 unspecified atom stereocenters. The highest BCUT2D eigenvalue weighted by Crippen LogP contribution is 2.57. The number of ether oxygens (including phenoxy) is 1. The Balaban J connectivity index is 3.20. The van der Waals surface area contributed by atoms with Gasteiger partial charge in [-0.1, -0.05) is 0 Å². The van der Waals surface area contributed by atoms with Crippen molar-refractivity contribution in [3.8, 4) is 0 Å². The molecule has 0 aliphatic carbocycles. The van der Waals surface area contributed by atoms with Crippen LogP contribution in [0.4, 0.5) is 0 Å². The highest BCUT2D eigenvalue weighted by molar-refractivity contribution is 7.60. The summed E-state index contributed by atoms with van der Waals surface area (Å²) in [5.41, 5.74) is 0. The summed E-state index contributed by atoms with van der Waals surface area (Å²) in [6.07, 6.45) is 2.77. The van der Waals surface area contributed by atoms with Gasteiger partial charge in [-0.25, -0.2) is 4.79 Å². The fraction of sp³-hybridized carbons (Fsp3) is 0.462. The molecule has 112 valence electrons. The lowest BCUT2D eigenvalue weighted by Crippen LogP contribution is -2.11. The van der Waals surface area contributed by atoms with Crippen LogP contribution in [-0.2, 0) is 23.1 Å². The molecule has 0 saturated carbocycles. The van der Waals surface area contributed by atoms with Crippen LogP contribution < -0.4 is 0 Å². The predicted octanol–water partition coefficient (Wildman–Crippen LogP) is 3.45. The first kappa shape index (κ1) is 16.7. The third kappa shape index (κ3) is 4.34. The Kier molecular flexibility index (Phi) is 6.71. The van der Waals surface area contributed by atoms with Gasteiger partial charge in [-0.15, -0.1) is 0 Å². The number of rotatable bonds is 8. The van der Waals surface area contributed by atoms with Crippen LogP contribution >= 0.6 is 7.60 Å². The molecule has 0 radical (unpaired) electrons. The van der Waals surface area contributed by atoms with Crippen molar-refractivity contribution in [2.75, 3.05) is 19.8 Å². The van der Waals surface area contributed by atoms with E-state index in [0.29, 0.717) is 5.76 Å². The van der Waals surface area contributed by atoms with Crippen molar-refractivity contribution in [3.05, 3.63) is 29.5 Å². The summed E-state index contributed by atoms with van der Waals surface area (Å²) >= 11 is 0. The Morgan fingerprint density at radius 3 is 2.35 bits per heavy atom. The second kappa shape index (κ2) is 8.04. The van der Waals surface area contributed by atoms with Crippen molar-refractivity contribution in [1.29, 1.82) is 0 Å². The van der Waals surface area contributed by atoms with E-state index >= 15 is 0 Å². The van der Waals surface area contributed by atoms with Gasteiger partial charge in [0.2, 0.25) is 0 Å². The van der Waals surface area contributed by atoms with E-state index in [1.807, 2.05) is 0 Å². The summed E-state index contributed by atoms with van der Waals surface area (Å²) in [4.78, 5) is 12.0. The summed E-state index contributed by atoms with van der Waals surface area (Å²) in [5.74, 6) is -0.373. The van der Waals surface area contributed by atoms with E-state index in [1.54, 1.807) is 32.9 Å². The van der Waals surface area contributed by atoms with Crippen LogP contribution in [0.1, 0.15) is 26.5 Å². The summed E-state index contributed by atoms with van der Waals surface area (Å²) < 4.78 is 33.1. The van der Waals surface area contributed by atoms with Gasteiger partial charge in [0.25, 0.3) is 0 Å². The lowest BCUT2D eigenvalue weighted by atomic mass is 10.4. The van der Waals surface area contributed by atoms with E-state index in [-0.39, 0.29) is 25.1 Å². The summed E-state index contributed by atoms with van der Waals surface area (Å²) in [6.45, 7) is 5.45. The maximum atomic E-state index is 12.7. The third-order valence-corrected chi connectivity index (χ3v) is 4.30. The average molecular weight is 302 g/mol. The van der Waals surface area contributed by atoms with Gasteiger partial charge in [0.05, 0.1) is 26.1 Å². The summed E-state index contributed by atoms with van der Waals surface area (Å²) in [6, 6.07) is 3.28. The minimum atomic E-state index is -3.73. The molecule has 6 nitrogen and oxygen atoms in total. The maximum absolute atomic E-state index is 12.7. The zero-order valence-corrected chi connectivity index (χ0v) is 12.7. The highest BCUT2D eigenvalue weighted by Gasteiger charge is 2.36. The summed E-state index contributed by atoms with van der Waals surface area (Å²) in [7, 11) is -3.73. The van der Waals surface area contributed by atoms with Crippen LogP contribution in [-0.4, -0.2) is 25.8 Å². The highest BCUT2D eigenvalue weighted by atomic mass is 31.2. The first-order valence-electron chi connectivity index (χ1n) is 6.39.